The van der Waals surface area contributed by atoms with Crippen molar-refractivity contribution in [2.45, 2.75) is 56.7 Å². The molecule has 6 rings (SSSR count). The van der Waals surface area contributed by atoms with Crippen LogP contribution in [0.25, 0.3) is 11.8 Å². The highest BCUT2D eigenvalue weighted by atomic mass is 19.1. The summed E-state index contributed by atoms with van der Waals surface area (Å²) in [6.07, 6.45) is 6.15. The average molecular weight is 508 g/mol. The highest BCUT2D eigenvalue weighted by molar-refractivity contribution is 5.80. The molecule has 1 amide bonds. The van der Waals surface area contributed by atoms with Gasteiger partial charge in [-0.15, -0.1) is 0 Å². The van der Waals surface area contributed by atoms with Crippen LogP contribution in [0.15, 0.2) is 54.2 Å². The summed E-state index contributed by atoms with van der Waals surface area (Å²) >= 11 is 0. The van der Waals surface area contributed by atoms with Gasteiger partial charge in [0.05, 0.1) is 23.2 Å². The molecule has 0 saturated heterocycles. The molecule has 0 spiro atoms. The third-order valence-corrected chi connectivity index (χ3v) is 8.68. The minimum atomic E-state index is -2.24. The van der Waals surface area contributed by atoms with E-state index in [-0.39, 0.29) is 17.8 Å². The Hall–Kier alpha value is -3.39. The average Bonchev–Trinajstić information content (AvgIpc) is 3.60. The van der Waals surface area contributed by atoms with Gasteiger partial charge in [-0.2, -0.15) is 5.10 Å². The minimum Gasteiger partial charge on any atom is -0.389 e. The first-order valence-electron chi connectivity index (χ1n) is 12.7. The van der Waals surface area contributed by atoms with Crippen molar-refractivity contribution in [1.29, 1.82) is 0 Å². The van der Waals surface area contributed by atoms with E-state index < -0.39 is 28.9 Å². The Balaban J connectivity index is 1.34. The second-order valence-electron chi connectivity index (χ2n) is 10.6. The SMILES string of the molecule is NC(=O)[C@H](F)c1c(F)cccc1CC[C@]1(O)CCC2=Cc3c(cnn3-c3ccc(F)cc3)C[C@@]21C1CC1. The Kier molecular flexibility index (Phi) is 5.56. The number of halogens is 3. The van der Waals surface area contributed by atoms with Crippen LogP contribution in [0, 0.1) is 23.0 Å². The molecule has 3 aromatic rings. The molecule has 2 aromatic carbocycles. The topological polar surface area (TPSA) is 81.1 Å². The van der Waals surface area contributed by atoms with E-state index in [4.69, 9.17) is 5.73 Å². The van der Waals surface area contributed by atoms with E-state index in [0.717, 1.165) is 35.9 Å². The molecule has 3 aliphatic carbocycles. The lowest BCUT2D eigenvalue weighted by Crippen LogP contribution is -2.49. The Morgan fingerprint density at radius 3 is 2.65 bits per heavy atom. The molecule has 0 aliphatic heterocycles. The van der Waals surface area contributed by atoms with Gasteiger partial charge in [-0.3, -0.25) is 4.79 Å². The monoisotopic (exact) mass is 507 g/mol. The van der Waals surface area contributed by atoms with Crippen molar-refractivity contribution >= 4 is 12.0 Å². The smallest absolute Gasteiger partial charge is 0.256 e. The van der Waals surface area contributed by atoms with Gasteiger partial charge in [-0.1, -0.05) is 17.7 Å². The molecular formula is C29H28F3N3O2. The largest absolute Gasteiger partial charge is 0.389 e. The second-order valence-corrected chi connectivity index (χ2v) is 10.6. The highest BCUT2D eigenvalue weighted by Gasteiger charge is 2.63. The van der Waals surface area contributed by atoms with E-state index >= 15 is 0 Å². The van der Waals surface area contributed by atoms with Crippen LogP contribution in [0.3, 0.4) is 0 Å². The van der Waals surface area contributed by atoms with E-state index in [2.05, 4.69) is 11.2 Å². The Labute approximate surface area is 212 Å². The fourth-order valence-corrected chi connectivity index (χ4v) is 6.78. The van der Waals surface area contributed by atoms with Crippen LogP contribution in [0.2, 0.25) is 0 Å². The normalized spacial score (nSPS) is 25.4. The summed E-state index contributed by atoms with van der Waals surface area (Å²) in [5.74, 6) is -2.04. The summed E-state index contributed by atoms with van der Waals surface area (Å²) in [5.41, 5.74) is 7.51. The molecule has 5 nitrogen and oxygen atoms in total. The maximum atomic E-state index is 14.6. The van der Waals surface area contributed by atoms with Crippen molar-refractivity contribution in [2.24, 2.45) is 17.1 Å². The zero-order valence-electron chi connectivity index (χ0n) is 20.3. The number of primary amides is 1. The molecule has 0 radical (unpaired) electrons. The van der Waals surface area contributed by atoms with Gasteiger partial charge in [-0.25, -0.2) is 17.9 Å². The van der Waals surface area contributed by atoms with E-state index in [1.165, 1.54) is 23.8 Å². The first kappa shape index (κ1) is 24.0. The molecule has 0 bridgehead atoms. The number of hydrogen-bond donors (Lipinski definition) is 2. The molecule has 1 heterocycles. The van der Waals surface area contributed by atoms with Gasteiger partial charge >= 0.3 is 0 Å². The molecule has 3 N–H and O–H groups in total. The molecule has 192 valence electrons. The Morgan fingerprint density at radius 2 is 1.95 bits per heavy atom. The van der Waals surface area contributed by atoms with E-state index in [0.29, 0.717) is 37.2 Å². The van der Waals surface area contributed by atoms with Crippen molar-refractivity contribution in [1.82, 2.24) is 9.78 Å². The van der Waals surface area contributed by atoms with E-state index in [1.54, 1.807) is 22.9 Å². The lowest BCUT2D eigenvalue weighted by Gasteiger charge is -2.46. The molecule has 2 fully saturated rings. The van der Waals surface area contributed by atoms with Gasteiger partial charge < -0.3 is 10.8 Å². The second kappa shape index (κ2) is 8.58. The van der Waals surface area contributed by atoms with Crippen LogP contribution in [-0.2, 0) is 17.6 Å². The fourth-order valence-electron chi connectivity index (χ4n) is 6.78. The summed E-state index contributed by atoms with van der Waals surface area (Å²) in [7, 11) is 0. The van der Waals surface area contributed by atoms with Crippen molar-refractivity contribution in [3.8, 4) is 5.69 Å². The van der Waals surface area contributed by atoms with Gasteiger partial charge in [0.15, 0.2) is 0 Å². The number of benzene rings is 2. The summed E-state index contributed by atoms with van der Waals surface area (Å²) in [4.78, 5) is 11.5. The van der Waals surface area contributed by atoms with Gasteiger partial charge in [0.25, 0.3) is 5.91 Å². The van der Waals surface area contributed by atoms with Crippen molar-refractivity contribution in [2.75, 3.05) is 0 Å². The first-order chi connectivity index (χ1) is 17.7. The number of carbonyl (C=O) groups is 1. The highest BCUT2D eigenvalue weighted by Crippen LogP contribution is 2.66. The van der Waals surface area contributed by atoms with E-state index in [9.17, 15) is 23.1 Å². The van der Waals surface area contributed by atoms with Gasteiger partial charge in [-0.05, 0) is 98.4 Å². The number of carbonyl (C=O) groups excluding carboxylic acids is 1. The van der Waals surface area contributed by atoms with Crippen LogP contribution in [0.4, 0.5) is 13.2 Å². The molecule has 37 heavy (non-hydrogen) atoms. The number of nitrogens with two attached hydrogens (primary N) is 1. The van der Waals surface area contributed by atoms with Crippen LogP contribution < -0.4 is 5.73 Å². The van der Waals surface area contributed by atoms with Gasteiger partial charge in [0.2, 0.25) is 6.17 Å². The Bertz CT molecular complexity index is 1410. The standard InChI is InChI=1S/C29H28F3N3O2/c30-21-6-8-22(9-7-21)35-24-14-20-11-13-28(37,29(20,19-4-5-19)15-18(24)16-34-35)12-10-17-2-1-3-23(31)25(17)26(32)27(33)36/h1-3,6-9,14,16,19,26,37H,4-5,10-13,15H2,(H2,33,36)/t26-,28+,29-/m1/s1. The molecule has 3 aliphatic rings. The first-order valence-corrected chi connectivity index (χ1v) is 12.7. The lowest BCUT2D eigenvalue weighted by atomic mass is 9.61. The molecular weight excluding hydrogens is 479 g/mol. The number of alkyl halides is 1. The maximum absolute atomic E-state index is 14.6. The quantitative estimate of drug-likeness (QED) is 0.465. The molecule has 0 unspecified atom stereocenters. The number of rotatable bonds is 7. The summed E-state index contributed by atoms with van der Waals surface area (Å²) in [5, 5.41) is 16.8. The summed E-state index contributed by atoms with van der Waals surface area (Å²) in [6, 6.07) is 10.4. The number of fused-ring (bicyclic) bond motifs is 2. The van der Waals surface area contributed by atoms with Gasteiger partial charge in [0.1, 0.15) is 11.6 Å². The van der Waals surface area contributed by atoms with E-state index in [1.807, 2.05) is 6.20 Å². The van der Waals surface area contributed by atoms with Crippen molar-refractivity contribution in [3.05, 3.63) is 88.3 Å². The zero-order valence-corrected chi connectivity index (χ0v) is 20.3. The van der Waals surface area contributed by atoms with Crippen LogP contribution in [0.1, 0.15) is 60.7 Å². The molecule has 3 atom stereocenters. The minimum absolute atomic E-state index is 0.223. The number of aliphatic hydroxyl groups is 1. The number of hydrogen-bond acceptors (Lipinski definition) is 3. The van der Waals surface area contributed by atoms with Crippen LogP contribution >= 0.6 is 0 Å². The predicted molar refractivity (Wildman–Crippen MR) is 132 cm³/mol. The Morgan fingerprint density at radius 1 is 1.19 bits per heavy atom. The van der Waals surface area contributed by atoms with Crippen molar-refractivity contribution in [3.63, 3.8) is 0 Å². The number of aryl methyl sites for hydroxylation is 1. The summed E-state index contributed by atoms with van der Waals surface area (Å²) in [6.45, 7) is 0. The summed E-state index contributed by atoms with van der Waals surface area (Å²) < 4.78 is 44.4. The maximum Gasteiger partial charge on any atom is 0.256 e. The third-order valence-electron chi connectivity index (χ3n) is 8.68. The molecule has 8 heteroatoms. The predicted octanol–water partition coefficient (Wildman–Crippen LogP) is 5.14. The third kappa shape index (κ3) is 3.72. The number of nitrogens with zero attached hydrogens (tertiary/aromatic N) is 2. The van der Waals surface area contributed by atoms with Gasteiger partial charge in [0, 0.05) is 11.0 Å². The van der Waals surface area contributed by atoms with Crippen LogP contribution in [-0.4, -0.2) is 26.4 Å². The molecule has 1 aromatic heterocycles. The molecule has 2 saturated carbocycles. The van der Waals surface area contributed by atoms with Crippen molar-refractivity contribution < 1.29 is 23.1 Å². The zero-order chi connectivity index (χ0) is 25.9. The fraction of sp³-hybridized carbons (Fsp3) is 0.379. The van der Waals surface area contributed by atoms with Crippen LogP contribution in [0.5, 0.6) is 0 Å². The lowest BCUT2D eigenvalue weighted by molar-refractivity contribution is -0.123. The number of amides is 1. The number of aromatic nitrogens is 2.